The Morgan fingerprint density at radius 2 is 1.72 bits per heavy atom. The van der Waals surface area contributed by atoms with Crippen LogP contribution in [0.2, 0.25) is 0 Å². The van der Waals surface area contributed by atoms with Gasteiger partial charge < -0.3 is 0 Å². The molecular weight excluding hydrogens is 534 g/mol. The first-order valence-corrected chi connectivity index (χ1v) is 13.3. The second-order valence-corrected chi connectivity index (χ2v) is 11.2. The van der Waals surface area contributed by atoms with Crippen molar-refractivity contribution in [3.8, 4) is 17.1 Å². The van der Waals surface area contributed by atoms with Crippen molar-refractivity contribution in [1.82, 2.24) is 20.2 Å². The van der Waals surface area contributed by atoms with Gasteiger partial charge >= 0.3 is 0 Å². The maximum absolute atomic E-state index is 12.5. The number of carbonyl (C=O) groups excluding carboxylic acids is 1. The number of aryl methyl sites for hydroxylation is 1. The number of hydrogen-bond donors (Lipinski definition) is 1. The van der Waals surface area contributed by atoms with Gasteiger partial charge in [0, 0.05) is 21.3 Å². The first-order chi connectivity index (χ1) is 17.2. The summed E-state index contributed by atoms with van der Waals surface area (Å²) in [6.07, 6.45) is 1.61. The van der Waals surface area contributed by atoms with E-state index in [0.29, 0.717) is 5.16 Å². The lowest BCUT2D eigenvalue weighted by Crippen LogP contribution is -2.20. The van der Waals surface area contributed by atoms with E-state index in [-0.39, 0.29) is 17.1 Å². The van der Waals surface area contributed by atoms with Gasteiger partial charge in [0.05, 0.1) is 12.0 Å². The monoisotopic (exact) mass is 561 g/mol. The number of nitrogens with zero attached hydrogens (tertiary/aromatic N) is 4. The number of hydrogen-bond acceptors (Lipinski definition) is 5. The van der Waals surface area contributed by atoms with E-state index in [0.717, 1.165) is 27.1 Å². The molecule has 4 aromatic rings. The minimum absolute atomic E-state index is 0.0661. The van der Waals surface area contributed by atoms with Crippen LogP contribution in [-0.2, 0) is 10.2 Å². The summed E-state index contributed by atoms with van der Waals surface area (Å²) in [5.74, 6) is 0.660. The number of benzene rings is 3. The summed E-state index contributed by atoms with van der Waals surface area (Å²) in [6, 6.07) is 24.3. The largest absolute Gasteiger partial charge is 0.272 e. The fourth-order valence-corrected chi connectivity index (χ4v) is 4.64. The molecule has 6 nitrogen and oxygen atoms in total. The Balaban J connectivity index is 1.55. The van der Waals surface area contributed by atoms with E-state index in [1.54, 1.807) is 6.21 Å². The van der Waals surface area contributed by atoms with Crippen LogP contribution in [0.1, 0.15) is 37.5 Å². The van der Waals surface area contributed by atoms with Crippen LogP contribution in [0.15, 0.2) is 87.5 Å². The maximum atomic E-state index is 12.5. The van der Waals surface area contributed by atoms with Gasteiger partial charge in [-0.15, -0.1) is 10.2 Å². The molecule has 1 N–H and O–H groups in total. The summed E-state index contributed by atoms with van der Waals surface area (Å²) in [7, 11) is 0. The SMILES string of the molecule is Cc1ccc(-n2c(SCC(=O)N/N=C/c3ccccc3Br)nnc2-c2ccc(C(C)(C)C)cc2)cc1. The van der Waals surface area contributed by atoms with Crippen molar-refractivity contribution in [1.29, 1.82) is 0 Å². The van der Waals surface area contributed by atoms with E-state index >= 15 is 0 Å². The molecule has 1 heterocycles. The van der Waals surface area contributed by atoms with E-state index in [1.165, 1.54) is 22.9 Å². The Hall–Kier alpha value is -3.23. The number of carbonyl (C=O) groups is 1. The predicted molar refractivity (Wildman–Crippen MR) is 151 cm³/mol. The number of amides is 1. The number of aromatic nitrogens is 3. The minimum Gasteiger partial charge on any atom is -0.272 e. The summed E-state index contributed by atoms with van der Waals surface area (Å²) >= 11 is 4.79. The van der Waals surface area contributed by atoms with Crippen molar-refractivity contribution < 1.29 is 4.79 Å². The van der Waals surface area contributed by atoms with Crippen LogP contribution in [0, 0.1) is 6.92 Å². The van der Waals surface area contributed by atoms with Gasteiger partial charge in [0.25, 0.3) is 5.91 Å². The molecule has 3 aromatic carbocycles. The molecule has 0 aliphatic carbocycles. The van der Waals surface area contributed by atoms with Crippen molar-refractivity contribution >= 4 is 39.8 Å². The smallest absolute Gasteiger partial charge is 0.250 e. The van der Waals surface area contributed by atoms with E-state index in [1.807, 2.05) is 41.0 Å². The molecule has 0 aliphatic rings. The molecule has 1 amide bonds. The van der Waals surface area contributed by atoms with E-state index < -0.39 is 0 Å². The van der Waals surface area contributed by atoms with Gasteiger partial charge in [-0.3, -0.25) is 9.36 Å². The third kappa shape index (κ3) is 6.30. The standard InChI is InChI=1S/C28H28BrN5OS/c1-19-9-15-23(16-10-19)34-26(20-11-13-22(14-12-20)28(2,3)4)32-33-27(34)36-18-25(35)31-30-17-21-7-5-6-8-24(21)29/h5-17H,18H2,1-4H3,(H,31,35)/b30-17+. The van der Waals surface area contributed by atoms with Gasteiger partial charge in [0.15, 0.2) is 11.0 Å². The van der Waals surface area contributed by atoms with Crippen LogP contribution in [0.25, 0.3) is 17.1 Å². The number of thioether (sulfide) groups is 1. The zero-order valence-corrected chi connectivity index (χ0v) is 23.1. The average Bonchev–Trinajstić information content (AvgIpc) is 3.28. The highest BCUT2D eigenvalue weighted by atomic mass is 79.9. The third-order valence-electron chi connectivity index (χ3n) is 5.57. The Morgan fingerprint density at radius 1 is 1.03 bits per heavy atom. The molecular formula is C28H28BrN5OS. The molecule has 0 radical (unpaired) electrons. The Kier molecular flexibility index (Phi) is 8.06. The highest BCUT2D eigenvalue weighted by Crippen LogP contribution is 2.30. The quantitative estimate of drug-likeness (QED) is 0.158. The zero-order valence-electron chi connectivity index (χ0n) is 20.7. The molecule has 0 unspecified atom stereocenters. The van der Waals surface area contributed by atoms with E-state index in [2.05, 4.69) is 101 Å². The van der Waals surface area contributed by atoms with Crippen molar-refractivity contribution in [2.75, 3.05) is 5.75 Å². The maximum Gasteiger partial charge on any atom is 0.250 e. The molecule has 0 saturated heterocycles. The average molecular weight is 563 g/mol. The van der Waals surface area contributed by atoms with Crippen LogP contribution >= 0.6 is 27.7 Å². The number of nitrogens with one attached hydrogen (secondary N) is 1. The summed E-state index contributed by atoms with van der Waals surface area (Å²) in [6.45, 7) is 8.63. The number of rotatable bonds is 7. The van der Waals surface area contributed by atoms with Crippen LogP contribution in [0.3, 0.4) is 0 Å². The molecule has 1 aromatic heterocycles. The predicted octanol–water partition coefficient (Wildman–Crippen LogP) is 6.55. The summed E-state index contributed by atoms with van der Waals surface area (Å²) in [5, 5.41) is 13.6. The topological polar surface area (TPSA) is 72.2 Å². The number of hydrazone groups is 1. The van der Waals surface area contributed by atoms with Gasteiger partial charge in [-0.25, -0.2) is 5.43 Å². The molecule has 8 heteroatoms. The highest BCUT2D eigenvalue weighted by Gasteiger charge is 2.19. The lowest BCUT2D eigenvalue weighted by atomic mass is 9.87. The van der Waals surface area contributed by atoms with Gasteiger partial charge in [-0.2, -0.15) is 5.10 Å². The van der Waals surface area contributed by atoms with Crippen molar-refractivity contribution in [3.05, 3.63) is 94.0 Å². The molecule has 184 valence electrons. The Labute approximate surface area is 224 Å². The van der Waals surface area contributed by atoms with Gasteiger partial charge in [0.2, 0.25) is 0 Å². The van der Waals surface area contributed by atoms with Gasteiger partial charge in [-0.05, 0) is 36.1 Å². The zero-order chi connectivity index (χ0) is 25.7. The number of halogens is 1. The second kappa shape index (κ2) is 11.2. The molecule has 0 atom stereocenters. The van der Waals surface area contributed by atoms with Crippen molar-refractivity contribution in [2.45, 2.75) is 38.3 Å². The summed E-state index contributed by atoms with van der Waals surface area (Å²) in [5.41, 5.74) is 7.85. The van der Waals surface area contributed by atoms with E-state index in [4.69, 9.17) is 0 Å². The van der Waals surface area contributed by atoms with Crippen molar-refractivity contribution in [2.24, 2.45) is 5.10 Å². The minimum atomic E-state index is -0.224. The molecule has 0 aliphatic heterocycles. The van der Waals surface area contributed by atoms with Crippen molar-refractivity contribution in [3.63, 3.8) is 0 Å². The molecule has 0 fully saturated rings. The third-order valence-corrected chi connectivity index (χ3v) is 7.22. The van der Waals surface area contributed by atoms with Crippen LogP contribution < -0.4 is 5.43 Å². The fourth-order valence-electron chi connectivity index (χ4n) is 3.51. The molecule has 0 bridgehead atoms. The lowest BCUT2D eigenvalue weighted by molar-refractivity contribution is -0.118. The van der Waals surface area contributed by atoms with E-state index in [9.17, 15) is 4.79 Å². The normalized spacial score (nSPS) is 11.7. The molecule has 36 heavy (non-hydrogen) atoms. The Bertz CT molecular complexity index is 1370. The molecule has 0 spiro atoms. The Morgan fingerprint density at radius 3 is 2.39 bits per heavy atom. The van der Waals surface area contributed by atoms with Crippen LogP contribution in [-0.4, -0.2) is 32.6 Å². The fraction of sp³-hybridized carbons (Fsp3) is 0.214. The highest BCUT2D eigenvalue weighted by molar-refractivity contribution is 9.10. The van der Waals surface area contributed by atoms with Gasteiger partial charge in [-0.1, -0.05) is 109 Å². The van der Waals surface area contributed by atoms with Gasteiger partial charge in [0.1, 0.15) is 0 Å². The second-order valence-electron chi connectivity index (χ2n) is 9.41. The lowest BCUT2D eigenvalue weighted by Gasteiger charge is -2.19. The molecule has 4 rings (SSSR count). The first kappa shape index (κ1) is 25.9. The first-order valence-electron chi connectivity index (χ1n) is 11.5. The summed E-state index contributed by atoms with van der Waals surface area (Å²) in [4.78, 5) is 12.5. The summed E-state index contributed by atoms with van der Waals surface area (Å²) < 4.78 is 2.90. The van der Waals surface area contributed by atoms with Crippen LogP contribution in [0.5, 0.6) is 0 Å². The molecule has 0 saturated carbocycles. The van der Waals surface area contributed by atoms with Crippen LogP contribution in [0.4, 0.5) is 0 Å².